The Labute approximate surface area is 180 Å². The van der Waals surface area contributed by atoms with Crippen molar-refractivity contribution >= 4 is 33.4 Å². The Morgan fingerprint density at radius 1 is 1.16 bits per heavy atom. The summed E-state index contributed by atoms with van der Waals surface area (Å²) >= 11 is 0. The summed E-state index contributed by atoms with van der Waals surface area (Å²) in [5.41, 5.74) is 0.814. The summed E-state index contributed by atoms with van der Waals surface area (Å²) < 4.78 is 46.9. The van der Waals surface area contributed by atoms with Crippen molar-refractivity contribution in [2.75, 3.05) is 60.3 Å². The Morgan fingerprint density at radius 3 is 2.55 bits per heavy atom. The van der Waals surface area contributed by atoms with Gasteiger partial charge < -0.3 is 14.5 Å². The van der Waals surface area contributed by atoms with Gasteiger partial charge in [-0.15, -0.1) is 0 Å². The minimum Gasteiger partial charge on any atom is -0.441 e. The highest BCUT2D eigenvalue weighted by atomic mass is 32.2. The number of aromatic nitrogens is 1. The molecule has 166 valence electrons. The van der Waals surface area contributed by atoms with E-state index in [2.05, 4.69) is 14.1 Å². The Morgan fingerprint density at radius 2 is 1.90 bits per heavy atom. The number of hydrogen-bond donors (Lipinski definition) is 0. The highest BCUT2D eigenvalue weighted by molar-refractivity contribution is 7.85. The van der Waals surface area contributed by atoms with Crippen LogP contribution in [0.5, 0.6) is 0 Å². The van der Waals surface area contributed by atoms with E-state index in [1.807, 2.05) is 23.1 Å². The molecule has 1 amide bonds. The van der Waals surface area contributed by atoms with E-state index in [1.54, 1.807) is 18.3 Å². The molecule has 1 aromatic carbocycles. The van der Waals surface area contributed by atoms with Gasteiger partial charge in [0.2, 0.25) is 0 Å². The van der Waals surface area contributed by atoms with E-state index in [9.17, 15) is 17.6 Å². The number of piperazine rings is 1. The first-order chi connectivity index (χ1) is 14.8. The van der Waals surface area contributed by atoms with Crippen LogP contribution in [0, 0.1) is 5.82 Å². The third kappa shape index (κ3) is 5.05. The monoisotopic (exact) mass is 450 g/mol. The van der Waals surface area contributed by atoms with Gasteiger partial charge in [0.25, 0.3) is 10.1 Å². The minimum absolute atomic E-state index is 0.0793. The molecule has 31 heavy (non-hydrogen) atoms. The zero-order valence-electron chi connectivity index (χ0n) is 17.0. The van der Waals surface area contributed by atoms with Gasteiger partial charge in [-0.3, -0.25) is 9.08 Å². The SMILES string of the molecule is CS(=O)(=O)OCC1CN(c2ccc(N3CCN(c4ccccn4)CC3)c(F)c2)C(=O)O1. The normalized spacial score (nSPS) is 19.6. The van der Waals surface area contributed by atoms with Gasteiger partial charge in [-0.2, -0.15) is 8.42 Å². The Bertz CT molecular complexity index is 1040. The molecule has 0 saturated carbocycles. The molecule has 1 atom stereocenters. The molecule has 2 aromatic rings. The zero-order valence-corrected chi connectivity index (χ0v) is 17.8. The number of carbonyl (C=O) groups excluding carboxylic acids is 1. The van der Waals surface area contributed by atoms with Gasteiger partial charge in [-0.25, -0.2) is 14.2 Å². The van der Waals surface area contributed by atoms with Gasteiger partial charge in [0, 0.05) is 32.4 Å². The number of hydrogen-bond acceptors (Lipinski definition) is 8. The van der Waals surface area contributed by atoms with Crippen LogP contribution in [0.2, 0.25) is 0 Å². The molecule has 0 spiro atoms. The molecule has 2 saturated heterocycles. The van der Waals surface area contributed by atoms with Crippen molar-refractivity contribution in [2.45, 2.75) is 6.10 Å². The fourth-order valence-corrected chi connectivity index (χ4v) is 4.06. The first kappa shape index (κ1) is 21.3. The maximum atomic E-state index is 14.9. The molecule has 2 aliphatic heterocycles. The Kier molecular flexibility index (Phi) is 5.96. The van der Waals surface area contributed by atoms with Crippen LogP contribution in [0.4, 0.5) is 26.4 Å². The number of benzene rings is 1. The van der Waals surface area contributed by atoms with Crippen molar-refractivity contribution < 1.29 is 26.5 Å². The molecule has 1 aromatic heterocycles. The van der Waals surface area contributed by atoms with Crippen LogP contribution in [-0.4, -0.2) is 71.2 Å². The lowest BCUT2D eigenvalue weighted by Crippen LogP contribution is -2.47. The van der Waals surface area contributed by atoms with Crippen molar-refractivity contribution in [1.82, 2.24) is 4.98 Å². The van der Waals surface area contributed by atoms with Crippen LogP contribution in [0.3, 0.4) is 0 Å². The van der Waals surface area contributed by atoms with Crippen LogP contribution in [0.25, 0.3) is 0 Å². The molecule has 3 heterocycles. The second-order valence-electron chi connectivity index (χ2n) is 7.40. The smallest absolute Gasteiger partial charge is 0.414 e. The highest BCUT2D eigenvalue weighted by Crippen LogP contribution is 2.29. The molecule has 1 unspecified atom stereocenters. The number of pyridine rings is 1. The molecular weight excluding hydrogens is 427 g/mol. The van der Waals surface area contributed by atoms with E-state index < -0.39 is 28.1 Å². The fraction of sp³-hybridized carbons (Fsp3) is 0.400. The van der Waals surface area contributed by atoms with Gasteiger partial charge in [0.15, 0.2) is 0 Å². The summed E-state index contributed by atoms with van der Waals surface area (Å²) in [6.45, 7) is 2.53. The molecule has 0 radical (unpaired) electrons. The number of amides is 1. The van der Waals surface area contributed by atoms with Crippen molar-refractivity contribution in [3.8, 4) is 0 Å². The summed E-state index contributed by atoms with van der Waals surface area (Å²) in [4.78, 5) is 21.9. The molecular formula is C20H23FN4O5S. The highest BCUT2D eigenvalue weighted by Gasteiger charge is 2.34. The topological polar surface area (TPSA) is 92.3 Å². The quantitative estimate of drug-likeness (QED) is 0.616. The van der Waals surface area contributed by atoms with Crippen molar-refractivity contribution in [3.05, 3.63) is 48.4 Å². The molecule has 0 aliphatic carbocycles. The van der Waals surface area contributed by atoms with Crippen molar-refractivity contribution in [2.24, 2.45) is 0 Å². The second kappa shape index (κ2) is 8.67. The summed E-state index contributed by atoms with van der Waals surface area (Å²) in [5.74, 6) is 0.465. The summed E-state index contributed by atoms with van der Waals surface area (Å²) in [6, 6.07) is 10.4. The lowest BCUT2D eigenvalue weighted by molar-refractivity contribution is 0.107. The fourth-order valence-electron chi connectivity index (χ4n) is 3.66. The largest absolute Gasteiger partial charge is 0.441 e. The summed E-state index contributed by atoms with van der Waals surface area (Å²) in [7, 11) is -3.64. The maximum absolute atomic E-state index is 14.9. The average molecular weight is 450 g/mol. The number of nitrogens with zero attached hydrogens (tertiary/aromatic N) is 4. The van der Waals surface area contributed by atoms with E-state index in [1.165, 1.54) is 11.0 Å². The van der Waals surface area contributed by atoms with Crippen molar-refractivity contribution in [3.63, 3.8) is 0 Å². The number of rotatable bonds is 6. The third-order valence-corrected chi connectivity index (χ3v) is 5.74. The third-order valence-electron chi connectivity index (χ3n) is 5.18. The molecule has 9 nitrogen and oxygen atoms in total. The molecule has 4 rings (SSSR count). The lowest BCUT2D eigenvalue weighted by atomic mass is 10.2. The molecule has 0 N–H and O–H groups in total. The number of halogens is 1. The first-order valence-corrected chi connectivity index (χ1v) is 11.6. The maximum Gasteiger partial charge on any atom is 0.414 e. The predicted molar refractivity (Wildman–Crippen MR) is 113 cm³/mol. The second-order valence-corrected chi connectivity index (χ2v) is 9.05. The average Bonchev–Trinajstić information content (AvgIpc) is 3.13. The molecule has 0 bridgehead atoms. The van der Waals surface area contributed by atoms with E-state index in [0.29, 0.717) is 24.5 Å². The van der Waals surface area contributed by atoms with E-state index in [4.69, 9.17) is 4.74 Å². The summed E-state index contributed by atoms with van der Waals surface area (Å²) in [5, 5.41) is 0. The van der Waals surface area contributed by atoms with E-state index in [-0.39, 0.29) is 13.2 Å². The van der Waals surface area contributed by atoms with Gasteiger partial charge in [0.05, 0.1) is 24.2 Å². The van der Waals surface area contributed by atoms with Crippen molar-refractivity contribution in [1.29, 1.82) is 0 Å². The Hall–Kier alpha value is -2.92. The van der Waals surface area contributed by atoms with E-state index >= 15 is 0 Å². The van der Waals surface area contributed by atoms with Gasteiger partial charge in [-0.05, 0) is 30.3 Å². The van der Waals surface area contributed by atoms with Gasteiger partial charge in [-0.1, -0.05) is 6.07 Å². The summed E-state index contributed by atoms with van der Waals surface area (Å²) in [6.07, 6.45) is 1.26. The zero-order chi connectivity index (χ0) is 22.0. The van der Waals surface area contributed by atoms with Gasteiger partial charge in [0.1, 0.15) is 24.3 Å². The van der Waals surface area contributed by atoms with Crippen LogP contribution in [0.1, 0.15) is 0 Å². The lowest BCUT2D eigenvalue weighted by Gasteiger charge is -2.37. The number of anilines is 3. The standard InChI is InChI=1S/C20H23FN4O5S/c1-31(27,28)29-14-16-13-25(20(26)30-16)15-5-6-18(17(21)12-15)23-8-10-24(11-9-23)19-4-2-3-7-22-19/h2-7,12,16H,8-11,13-14H2,1H3. The van der Waals surface area contributed by atoms with Crippen LogP contribution in [-0.2, 0) is 19.0 Å². The first-order valence-electron chi connectivity index (χ1n) is 9.83. The van der Waals surface area contributed by atoms with Crippen LogP contribution < -0.4 is 14.7 Å². The minimum atomic E-state index is -3.64. The molecule has 2 fully saturated rings. The van der Waals surface area contributed by atoms with E-state index in [0.717, 1.165) is 25.2 Å². The number of carbonyl (C=O) groups is 1. The number of ether oxygens (including phenoxy) is 1. The molecule has 2 aliphatic rings. The Balaban J connectivity index is 1.39. The van der Waals surface area contributed by atoms with Crippen LogP contribution >= 0.6 is 0 Å². The molecule has 11 heteroatoms. The van der Waals surface area contributed by atoms with Gasteiger partial charge >= 0.3 is 6.09 Å². The number of cyclic esters (lactones) is 1. The van der Waals surface area contributed by atoms with Crippen LogP contribution in [0.15, 0.2) is 42.6 Å². The predicted octanol–water partition coefficient (Wildman–Crippen LogP) is 1.85.